The maximum atomic E-state index is 12.7. The molecule has 0 saturated carbocycles. The summed E-state index contributed by atoms with van der Waals surface area (Å²) in [4.78, 5) is 26.6. The predicted octanol–water partition coefficient (Wildman–Crippen LogP) is 4.60. The van der Waals surface area contributed by atoms with Crippen molar-refractivity contribution < 1.29 is 23.8 Å². The van der Waals surface area contributed by atoms with Crippen LogP contribution in [0.15, 0.2) is 53.4 Å². The first kappa shape index (κ1) is 20.8. The van der Waals surface area contributed by atoms with Crippen LogP contribution in [0.25, 0.3) is 6.08 Å². The highest BCUT2D eigenvalue weighted by Gasteiger charge is 2.35. The zero-order chi connectivity index (χ0) is 20.8. The Morgan fingerprint density at radius 2 is 1.66 bits per heavy atom. The molecule has 1 aliphatic heterocycles. The summed E-state index contributed by atoms with van der Waals surface area (Å²) >= 11 is 0.921. The first-order valence-electron chi connectivity index (χ1n) is 9.26. The molecular formula is C22H23NO5S. The average Bonchev–Trinajstić information content (AvgIpc) is 2.97. The molecule has 2 aromatic carbocycles. The van der Waals surface area contributed by atoms with Crippen molar-refractivity contribution >= 4 is 29.0 Å². The van der Waals surface area contributed by atoms with E-state index in [0.29, 0.717) is 22.2 Å². The van der Waals surface area contributed by atoms with Gasteiger partial charge in [0.15, 0.2) is 11.5 Å². The van der Waals surface area contributed by atoms with Gasteiger partial charge in [0.1, 0.15) is 12.4 Å². The van der Waals surface area contributed by atoms with Crippen LogP contribution in [0.5, 0.6) is 17.2 Å². The lowest BCUT2D eigenvalue weighted by molar-refractivity contribution is -0.123. The summed E-state index contributed by atoms with van der Waals surface area (Å²) in [7, 11) is 1.56. The third kappa shape index (κ3) is 5.12. The number of nitrogens with zero attached hydrogens (tertiary/aromatic N) is 1. The van der Waals surface area contributed by atoms with Crippen molar-refractivity contribution in [2.75, 3.05) is 20.3 Å². The smallest absolute Gasteiger partial charge is 0.293 e. The van der Waals surface area contributed by atoms with Gasteiger partial charge in [0.25, 0.3) is 11.1 Å². The largest absolute Gasteiger partial charge is 0.493 e. The van der Waals surface area contributed by atoms with Crippen LogP contribution >= 0.6 is 11.8 Å². The number of carbonyl (C=O) groups is 2. The highest BCUT2D eigenvalue weighted by molar-refractivity contribution is 8.18. The van der Waals surface area contributed by atoms with E-state index in [4.69, 9.17) is 14.2 Å². The van der Waals surface area contributed by atoms with Crippen LogP contribution < -0.4 is 14.2 Å². The number of benzene rings is 2. The maximum Gasteiger partial charge on any atom is 0.293 e. The third-order valence-corrected chi connectivity index (χ3v) is 4.99. The molecule has 1 saturated heterocycles. The lowest BCUT2D eigenvalue weighted by atomic mass is 10.2. The predicted molar refractivity (Wildman–Crippen MR) is 113 cm³/mol. The summed E-state index contributed by atoms with van der Waals surface area (Å²) in [5.74, 6) is 1.51. The Morgan fingerprint density at radius 3 is 2.34 bits per heavy atom. The second-order valence-electron chi connectivity index (χ2n) is 6.54. The second kappa shape index (κ2) is 9.52. The number of thioether (sulfide) groups is 1. The number of imide groups is 1. The van der Waals surface area contributed by atoms with Gasteiger partial charge in [0, 0.05) is 5.56 Å². The highest BCUT2D eigenvalue weighted by atomic mass is 32.2. The number of rotatable bonds is 8. The summed E-state index contributed by atoms with van der Waals surface area (Å²) in [6, 6.07) is 14.7. The molecule has 152 valence electrons. The molecule has 0 bridgehead atoms. The van der Waals surface area contributed by atoms with Crippen molar-refractivity contribution in [2.45, 2.75) is 20.0 Å². The average molecular weight is 413 g/mol. The molecule has 3 rings (SSSR count). The Hall–Kier alpha value is -2.93. The minimum absolute atomic E-state index is 0.00624. The van der Waals surface area contributed by atoms with Gasteiger partial charge in [-0.1, -0.05) is 30.3 Å². The Labute approximate surface area is 174 Å². The van der Waals surface area contributed by atoms with Crippen molar-refractivity contribution in [3.8, 4) is 17.2 Å². The van der Waals surface area contributed by atoms with E-state index in [-0.39, 0.29) is 30.4 Å². The van der Waals surface area contributed by atoms with Crippen LogP contribution in [0.2, 0.25) is 0 Å². The van der Waals surface area contributed by atoms with E-state index in [1.54, 1.807) is 25.3 Å². The number of carbonyl (C=O) groups excluding carboxylic acids is 2. The maximum absolute atomic E-state index is 12.7. The highest BCUT2D eigenvalue weighted by Crippen LogP contribution is 2.34. The summed E-state index contributed by atoms with van der Waals surface area (Å²) in [5.41, 5.74) is 0.761. The van der Waals surface area contributed by atoms with E-state index < -0.39 is 0 Å². The van der Waals surface area contributed by atoms with Crippen LogP contribution in [0.3, 0.4) is 0 Å². The van der Waals surface area contributed by atoms with Crippen molar-refractivity contribution in [1.82, 2.24) is 4.90 Å². The SMILES string of the molecule is COc1ccccc1OCCN1C(=O)S/C(=C\c2ccccc2OC(C)C)C1=O. The molecule has 0 aromatic heterocycles. The second-order valence-corrected chi connectivity index (χ2v) is 7.53. The van der Waals surface area contributed by atoms with Gasteiger partial charge in [-0.3, -0.25) is 14.5 Å². The van der Waals surface area contributed by atoms with Gasteiger partial charge < -0.3 is 14.2 Å². The topological polar surface area (TPSA) is 65.1 Å². The summed E-state index contributed by atoms with van der Waals surface area (Å²) in [6.45, 7) is 4.21. The van der Waals surface area contributed by atoms with E-state index in [9.17, 15) is 9.59 Å². The van der Waals surface area contributed by atoms with Gasteiger partial charge >= 0.3 is 0 Å². The molecule has 1 fully saturated rings. The van der Waals surface area contributed by atoms with E-state index in [2.05, 4.69) is 0 Å². The normalized spacial score (nSPS) is 15.3. The molecule has 0 spiro atoms. The van der Waals surface area contributed by atoms with E-state index in [1.807, 2.05) is 50.2 Å². The van der Waals surface area contributed by atoms with E-state index in [1.165, 1.54) is 4.90 Å². The number of ether oxygens (including phenoxy) is 3. The van der Waals surface area contributed by atoms with Crippen LogP contribution in [0, 0.1) is 0 Å². The molecule has 0 aliphatic carbocycles. The number of hydrogen-bond donors (Lipinski definition) is 0. The molecule has 0 unspecified atom stereocenters. The van der Waals surface area contributed by atoms with Crippen molar-refractivity contribution in [3.05, 3.63) is 59.0 Å². The Kier molecular flexibility index (Phi) is 6.82. The molecule has 0 radical (unpaired) electrons. The summed E-state index contributed by atoms with van der Waals surface area (Å²) < 4.78 is 16.7. The fraction of sp³-hybridized carbons (Fsp3) is 0.273. The lowest BCUT2D eigenvalue weighted by Gasteiger charge is -2.14. The fourth-order valence-electron chi connectivity index (χ4n) is 2.78. The van der Waals surface area contributed by atoms with Crippen LogP contribution in [0.1, 0.15) is 19.4 Å². The molecule has 29 heavy (non-hydrogen) atoms. The van der Waals surface area contributed by atoms with Crippen molar-refractivity contribution in [2.24, 2.45) is 0 Å². The standard InChI is InChI=1S/C22H23NO5S/c1-15(2)28-17-9-5-4-8-16(17)14-20-21(24)23(22(25)29-20)12-13-27-19-11-7-6-10-18(19)26-3/h4-11,14-15H,12-13H2,1-3H3/b20-14-. The number of para-hydroxylation sites is 3. The number of amides is 2. The Bertz CT molecular complexity index is 925. The molecule has 0 atom stereocenters. The quantitative estimate of drug-likeness (QED) is 0.590. The van der Waals surface area contributed by atoms with Crippen LogP contribution in [-0.4, -0.2) is 42.4 Å². The van der Waals surface area contributed by atoms with Crippen LogP contribution in [0.4, 0.5) is 4.79 Å². The molecule has 1 aliphatic rings. The van der Waals surface area contributed by atoms with Gasteiger partial charge in [-0.2, -0.15) is 0 Å². The molecule has 6 nitrogen and oxygen atoms in total. The minimum atomic E-state index is -0.331. The van der Waals surface area contributed by atoms with E-state index in [0.717, 1.165) is 17.3 Å². The number of hydrogen-bond acceptors (Lipinski definition) is 6. The zero-order valence-corrected chi connectivity index (χ0v) is 17.4. The number of methoxy groups -OCH3 is 1. The van der Waals surface area contributed by atoms with Gasteiger partial charge in [0.2, 0.25) is 0 Å². The van der Waals surface area contributed by atoms with Crippen molar-refractivity contribution in [1.29, 1.82) is 0 Å². The fourth-order valence-corrected chi connectivity index (χ4v) is 3.64. The van der Waals surface area contributed by atoms with Crippen molar-refractivity contribution in [3.63, 3.8) is 0 Å². The first-order valence-corrected chi connectivity index (χ1v) is 10.1. The van der Waals surface area contributed by atoms with Crippen LogP contribution in [-0.2, 0) is 4.79 Å². The van der Waals surface area contributed by atoms with Gasteiger partial charge in [-0.15, -0.1) is 0 Å². The molecule has 0 N–H and O–H groups in total. The van der Waals surface area contributed by atoms with Gasteiger partial charge in [-0.05, 0) is 49.9 Å². The monoisotopic (exact) mass is 413 g/mol. The van der Waals surface area contributed by atoms with Gasteiger partial charge in [-0.25, -0.2) is 0 Å². The zero-order valence-electron chi connectivity index (χ0n) is 16.6. The summed E-state index contributed by atoms with van der Waals surface area (Å²) in [6.07, 6.45) is 1.70. The molecule has 2 amide bonds. The van der Waals surface area contributed by atoms with E-state index >= 15 is 0 Å². The molecule has 2 aromatic rings. The molecule has 7 heteroatoms. The third-order valence-electron chi connectivity index (χ3n) is 4.08. The Morgan fingerprint density at radius 1 is 1.00 bits per heavy atom. The first-order chi connectivity index (χ1) is 14.0. The molecular weight excluding hydrogens is 390 g/mol. The lowest BCUT2D eigenvalue weighted by Crippen LogP contribution is -2.32. The summed E-state index contributed by atoms with van der Waals surface area (Å²) in [5, 5.41) is -0.313. The Balaban J connectivity index is 1.68. The molecule has 1 heterocycles. The van der Waals surface area contributed by atoms with Gasteiger partial charge in [0.05, 0.1) is 24.7 Å². The minimum Gasteiger partial charge on any atom is -0.493 e.